The van der Waals surface area contributed by atoms with Gasteiger partial charge in [-0.2, -0.15) is 0 Å². The number of morpholine rings is 1. The molecule has 2 heterocycles. The molecule has 1 aliphatic carbocycles. The molecule has 2 aromatic rings. The number of hydrogen-bond donors (Lipinski definition) is 2. The minimum absolute atomic E-state index is 0.0836. The summed E-state index contributed by atoms with van der Waals surface area (Å²) in [5, 5.41) is 11.1. The van der Waals surface area contributed by atoms with Crippen molar-refractivity contribution in [2.45, 2.75) is 38.5 Å². The lowest BCUT2D eigenvalue weighted by Gasteiger charge is -2.26. The number of aryl methyl sites for hydroxylation is 1. The first kappa shape index (κ1) is 23.4. The first-order valence-electron chi connectivity index (χ1n) is 11.9. The molecule has 33 heavy (non-hydrogen) atoms. The highest BCUT2D eigenvalue weighted by Crippen LogP contribution is 2.27. The van der Waals surface area contributed by atoms with Crippen LogP contribution in [0.5, 0.6) is 5.75 Å². The molecule has 0 spiro atoms. The zero-order valence-corrected chi connectivity index (χ0v) is 19.1. The minimum Gasteiger partial charge on any atom is -0.493 e. The predicted molar refractivity (Wildman–Crippen MR) is 124 cm³/mol. The van der Waals surface area contributed by atoms with Crippen LogP contribution >= 0.6 is 0 Å². The van der Waals surface area contributed by atoms with Crippen LogP contribution in [0.3, 0.4) is 0 Å². The molecule has 1 saturated heterocycles. The Morgan fingerprint density at radius 2 is 1.97 bits per heavy atom. The fraction of sp³-hybridized carbons (Fsp3) is 0.583. The summed E-state index contributed by atoms with van der Waals surface area (Å²) >= 11 is 0. The highest BCUT2D eigenvalue weighted by molar-refractivity contribution is 5.76. The van der Waals surface area contributed by atoms with Crippen LogP contribution in [0.15, 0.2) is 29.1 Å². The van der Waals surface area contributed by atoms with Gasteiger partial charge >= 0.3 is 0 Å². The zero-order valence-electron chi connectivity index (χ0n) is 19.1. The van der Waals surface area contributed by atoms with Gasteiger partial charge in [-0.15, -0.1) is 10.2 Å². The van der Waals surface area contributed by atoms with Crippen molar-refractivity contribution < 1.29 is 14.3 Å². The summed E-state index contributed by atoms with van der Waals surface area (Å²) in [6, 6.07) is 7.48. The number of rotatable bonds is 11. The van der Waals surface area contributed by atoms with E-state index >= 15 is 0 Å². The third-order valence-electron chi connectivity index (χ3n) is 6.27. The van der Waals surface area contributed by atoms with E-state index in [1.807, 2.05) is 24.3 Å². The second-order valence-corrected chi connectivity index (χ2v) is 8.74. The number of benzene rings is 1. The third kappa shape index (κ3) is 7.10. The zero-order chi connectivity index (χ0) is 22.9. The van der Waals surface area contributed by atoms with Crippen molar-refractivity contribution in [3.05, 3.63) is 40.3 Å². The Kier molecular flexibility index (Phi) is 8.43. The van der Waals surface area contributed by atoms with Crippen LogP contribution in [0.4, 0.5) is 0 Å². The van der Waals surface area contributed by atoms with Crippen molar-refractivity contribution in [3.63, 3.8) is 0 Å². The summed E-state index contributed by atoms with van der Waals surface area (Å²) in [5.41, 5.74) is 0.716. The minimum atomic E-state index is -0.314. The Morgan fingerprint density at radius 1 is 1.18 bits per heavy atom. The highest BCUT2D eigenvalue weighted by Gasteiger charge is 2.18. The number of amides is 1. The first-order valence-corrected chi connectivity index (χ1v) is 11.9. The number of nitrogens with zero attached hydrogens (tertiary/aromatic N) is 3. The average molecular weight is 456 g/mol. The van der Waals surface area contributed by atoms with Gasteiger partial charge in [0.05, 0.1) is 19.8 Å². The Hall–Kier alpha value is -2.78. The third-order valence-corrected chi connectivity index (χ3v) is 6.27. The van der Waals surface area contributed by atoms with Gasteiger partial charge in [0, 0.05) is 38.0 Å². The average Bonchev–Trinajstić information content (AvgIpc) is 2.81. The summed E-state index contributed by atoms with van der Waals surface area (Å²) < 4.78 is 11.1. The topological polar surface area (TPSA) is 109 Å². The SMILES string of the molecule is O=C(CCc1nnc(-c2ccc(OCC3CCC3)cc2)[nH]c1=O)NCCCN1CCOCC1. The molecular weight excluding hydrogens is 422 g/mol. The van der Waals surface area contributed by atoms with Gasteiger partial charge in [0.1, 0.15) is 11.4 Å². The summed E-state index contributed by atoms with van der Waals surface area (Å²) in [7, 11) is 0. The molecule has 1 aliphatic heterocycles. The van der Waals surface area contributed by atoms with E-state index in [1.165, 1.54) is 19.3 Å². The molecule has 0 radical (unpaired) electrons. The number of H-pyrrole nitrogens is 1. The second-order valence-electron chi connectivity index (χ2n) is 8.74. The number of ether oxygens (including phenoxy) is 2. The molecule has 0 atom stereocenters. The number of aromatic nitrogens is 3. The summed E-state index contributed by atoms with van der Waals surface area (Å²) in [6.45, 7) is 5.78. The van der Waals surface area contributed by atoms with Gasteiger partial charge in [-0.05, 0) is 56.0 Å². The van der Waals surface area contributed by atoms with E-state index in [-0.39, 0.29) is 30.0 Å². The van der Waals surface area contributed by atoms with Gasteiger partial charge in [0.2, 0.25) is 5.91 Å². The fourth-order valence-corrected chi connectivity index (χ4v) is 3.91. The smallest absolute Gasteiger partial charge is 0.273 e. The number of aromatic amines is 1. The lowest BCUT2D eigenvalue weighted by atomic mass is 9.86. The van der Waals surface area contributed by atoms with Gasteiger partial charge in [0.25, 0.3) is 5.56 Å². The molecule has 9 heteroatoms. The van der Waals surface area contributed by atoms with Crippen LogP contribution in [-0.4, -0.2) is 72.0 Å². The Bertz CT molecular complexity index is 952. The van der Waals surface area contributed by atoms with E-state index in [1.54, 1.807) is 0 Å². The molecule has 1 aromatic heterocycles. The molecular formula is C24H33N5O4. The largest absolute Gasteiger partial charge is 0.493 e. The van der Waals surface area contributed by atoms with Crippen LogP contribution in [-0.2, 0) is 16.0 Å². The predicted octanol–water partition coefficient (Wildman–Crippen LogP) is 1.78. The Morgan fingerprint density at radius 3 is 2.67 bits per heavy atom. The van der Waals surface area contributed by atoms with Crippen LogP contribution in [0.1, 0.15) is 37.8 Å². The first-order chi connectivity index (χ1) is 16.2. The molecule has 1 amide bonds. The summed E-state index contributed by atoms with van der Waals surface area (Å²) in [6.07, 6.45) is 5.16. The molecule has 1 aromatic carbocycles. The van der Waals surface area contributed by atoms with Crippen LogP contribution in [0.2, 0.25) is 0 Å². The molecule has 2 N–H and O–H groups in total. The number of carbonyl (C=O) groups excluding carboxylic acids is 1. The van der Waals surface area contributed by atoms with Crippen molar-refractivity contribution in [2.24, 2.45) is 5.92 Å². The summed E-state index contributed by atoms with van der Waals surface area (Å²) in [5.74, 6) is 1.81. The maximum absolute atomic E-state index is 12.4. The molecule has 0 bridgehead atoms. The van der Waals surface area contributed by atoms with Crippen molar-refractivity contribution in [1.29, 1.82) is 0 Å². The fourth-order valence-electron chi connectivity index (χ4n) is 3.91. The van der Waals surface area contributed by atoms with E-state index in [2.05, 4.69) is 25.4 Å². The van der Waals surface area contributed by atoms with E-state index in [0.717, 1.165) is 57.2 Å². The monoisotopic (exact) mass is 455 g/mol. The molecule has 0 unspecified atom stereocenters. The van der Waals surface area contributed by atoms with Crippen LogP contribution in [0, 0.1) is 5.92 Å². The van der Waals surface area contributed by atoms with Crippen LogP contribution < -0.4 is 15.6 Å². The van der Waals surface area contributed by atoms with E-state index in [0.29, 0.717) is 18.3 Å². The molecule has 1 saturated carbocycles. The van der Waals surface area contributed by atoms with E-state index in [9.17, 15) is 9.59 Å². The van der Waals surface area contributed by atoms with Crippen LogP contribution in [0.25, 0.3) is 11.4 Å². The lowest BCUT2D eigenvalue weighted by molar-refractivity contribution is -0.121. The highest BCUT2D eigenvalue weighted by atomic mass is 16.5. The Balaban J connectivity index is 1.19. The van der Waals surface area contributed by atoms with Gasteiger partial charge in [-0.25, -0.2) is 0 Å². The van der Waals surface area contributed by atoms with Gasteiger partial charge < -0.3 is 19.8 Å². The molecule has 2 fully saturated rings. The van der Waals surface area contributed by atoms with E-state index in [4.69, 9.17) is 9.47 Å². The number of hydrogen-bond acceptors (Lipinski definition) is 7. The second kappa shape index (κ2) is 11.9. The maximum atomic E-state index is 12.4. The maximum Gasteiger partial charge on any atom is 0.273 e. The molecule has 4 rings (SSSR count). The van der Waals surface area contributed by atoms with Gasteiger partial charge in [-0.3, -0.25) is 14.5 Å². The van der Waals surface area contributed by atoms with Crippen molar-refractivity contribution >= 4 is 5.91 Å². The number of carbonyl (C=O) groups is 1. The normalized spacial score (nSPS) is 16.8. The lowest BCUT2D eigenvalue weighted by Crippen LogP contribution is -2.38. The van der Waals surface area contributed by atoms with Crippen molar-refractivity contribution in [1.82, 2.24) is 25.4 Å². The van der Waals surface area contributed by atoms with E-state index < -0.39 is 0 Å². The molecule has 178 valence electrons. The van der Waals surface area contributed by atoms with Gasteiger partial charge in [0.15, 0.2) is 5.82 Å². The molecule has 2 aliphatic rings. The number of nitrogens with one attached hydrogen (secondary N) is 2. The quantitative estimate of drug-likeness (QED) is 0.497. The van der Waals surface area contributed by atoms with Crippen molar-refractivity contribution in [3.8, 4) is 17.1 Å². The Labute approximate surface area is 193 Å². The summed E-state index contributed by atoms with van der Waals surface area (Å²) in [4.78, 5) is 29.6. The van der Waals surface area contributed by atoms with Gasteiger partial charge in [-0.1, -0.05) is 6.42 Å². The van der Waals surface area contributed by atoms with Crippen molar-refractivity contribution in [2.75, 3.05) is 46.0 Å². The standard InChI is InChI=1S/C24H33N5O4/c30-22(25-11-2-12-29-13-15-32-16-14-29)10-9-21-24(31)26-23(28-27-21)19-5-7-20(8-6-19)33-17-18-3-1-4-18/h5-8,18H,1-4,9-17H2,(H,25,30)(H,26,28,31). The molecule has 9 nitrogen and oxygen atoms in total.